The van der Waals surface area contributed by atoms with Crippen molar-refractivity contribution in [3.63, 3.8) is 0 Å². The minimum atomic E-state index is -5.14. The molecule has 2 aromatic carbocycles. The summed E-state index contributed by atoms with van der Waals surface area (Å²) >= 11 is 0. The molecule has 0 heterocycles. The molecular formula is C16H14F5NO3S. The molecule has 4 nitrogen and oxygen atoms in total. The highest BCUT2D eigenvalue weighted by Crippen LogP contribution is 2.32. The number of ether oxygens (including phenoxy) is 1. The SMILES string of the molecule is CC(C)(C)Oc1ccccc1NS(=O)(=O)c1c(F)c(F)c(F)c(F)c1F. The van der Waals surface area contributed by atoms with Crippen LogP contribution in [0.3, 0.4) is 0 Å². The zero-order valence-corrected chi connectivity index (χ0v) is 14.6. The highest BCUT2D eigenvalue weighted by molar-refractivity contribution is 7.92. The number of hydrogen-bond acceptors (Lipinski definition) is 3. The largest absolute Gasteiger partial charge is 0.486 e. The van der Waals surface area contributed by atoms with Crippen molar-refractivity contribution < 1.29 is 35.1 Å². The number of anilines is 1. The van der Waals surface area contributed by atoms with Crippen LogP contribution in [0.5, 0.6) is 5.75 Å². The van der Waals surface area contributed by atoms with Gasteiger partial charge in [0, 0.05) is 0 Å². The van der Waals surface area contributed by atoms with Gasteiger partial charge in [0.2, 0.25) is 5.82 Å². The summed E-state index contributed by atoms with van der Waals surface area (Å²) in [6.45, 7) is 5.01. The first kappa shape index (κ1) is 20.0. The fraction of sp³-hybridized carbons (Fsp3) is 0.250. The lowest BCUT2D eigenvalue weighted by molar-refractivity contribution is 0.132. The van der Waals surface area contributed by atoms with E-state index in [0.717, 1.165) is 0 Å². The molecule has 0 aliphatic rings. The Kier molecular flexibility index (Phi) is 5.18. The second kappa shape index (κ2) is 6.75. The molecule has 10 heteroatoms. The Morgan fingerprint density at radius 3 is 1.81 bits per heavy atom. The topological polar surface area (TPSA) is 55.4 Å². The van der Waals surface area contributed by atoms with Crippen molar-refractivity contribution in [2.45, 2.75) is 31.3 Å². The molecule has 0 bridgehead atoms. The lowest BCUT2D eigenvalue weighted by Crippen LogP contribution is -2.25. The van der Waals surface area contributed by atoms with Gasteiger partial charge in [-0.2, -0.15) is 0 Å². The van der Waals surface area contributed by atoms with Gasteiger partial charge in [-0.3, -0.25) is 4.72 Å². The Labute approximate surface area is 146 Å². The summed E-state index contributed by atoms with van der Waals surface area (Å²) in [6, 6.07) is 5.50. The molecule has 26 heavy (non-hydrogen) atoms. The normalized spacial score (nSPS) is 12.2. The van der Waals surface area contributed by atoms with Crippen molar-refractivity contribution in [2.24, 2.45) is 0 Å². The second-order valence-electron chi connectivity index (χ2n) is 6.22. The predicted molar refractivity (Wildman–Crippen MR) is 83.9 cm³/mol. The number of benzene rings is 2. The van der Waals surface area contributed by atoms with Crippen LogP contribution in [0.4, 0.5) is 27.6 Å². The Bertz CT molecular complexity index is 926. The summed E-state index contributed by atoms with van der Waals surface area (Å²) in [5, 5.41) is 0. The number of rotatable bonds is 4. The molecule has 0 saturated heterocycles. The van der Waals surface area contributed by atoms with Crippen LogP contribution in [0.15, 0.2) is 29.2 Å². The van der Waals surface area contributed by atoms with E-state index in [2.05, 4.69) is 0 Å². The average molecular weight is 395 g/mol. The van der Waals surface area contributed by atoms with Crippen molar-refractivity contribution in [3.8, 4) is 5.75 Å². The maximum atomic E-state index is 13.8. The second-order valence-corrected chi connectivity index (χ2v) is 7.83. The highest BCUT2D eigenvalue weighted by atomic mass is 32.2. The van der Waals surface area contributed by atoms with Gasteiger partial charge < -0.3 is 4.74 Å². The average Bonchev–Trinajstić information content (AvgIpc) is 2.51. The van der Waals surface area contributed by atoms with Crippen molar-refractivity contribution in [2.75, 3.05) is 4.72 Å². The van der Waals surface area contributed by atoms with Crippen molar-refractivity contribution in [1.29, 1.82) is 0 Å². The molecule has 0 aliphatic carbocycles. The van der Waals surface area contributed by atoms with Gasteiger partial charge in [0.15, 0.2) is 28.2 Å². The third-order valence-corrected chi connectivity index (χ3v) is 4.37. The quantitative estimate of drug-likeness (QED) is 0.476. The molecule has 142 valence electrons. The van der Waals surface area contributed by atoms with E-state index in [-0.39, 0.29) is 11.4 Å². The standard InChI is InChI=1S/C16H14F5NO3S/c1-16(2,3)25-9-7-5-4-6-8(9)22-26(23,24)15-13(20)11(18)10(17)12(19)14(15)21/h4-7,22H,1-3H3. The lowest BCUT2D eigenvalue weighted by Gasteiger charge is -2.23. The molecule has 0 amide bonds. The maximum Gasteiger partial charge on any atom is 0.268 e. The molecule has 0 unspecified atom stereocenters. The summed E-state index contributed by atoms with van der Waals surface area (Å²) in [6.07, 6.45) is 0. The summed E-state index contributed by atoms with van der Waals surface area (Å²) in [7, 11) is -5.14. The number of para-hydroxylation sites is 2. The van der Waals surface area contributed by atoms with Gasteiger partial charge in [0.05, 0.1) is 5.69 Å². The summed E-state index contributed by atoms with van der Waals surface area (Å²) in [4.78, 5) is -1.97. The third-order valence-electron chi connectivity index (χ3n) is 2.99. The maximum absolute atomic E-state index is 13.8. The predicted octanol–water partition coefficient (Wildman–Crippen LogP) is 4.36. The van der Waals surface area contributed by atoms with Crippen LogP contribution in [0.1, 0.15) is 20.8 Å². The van der Waals surface area contributed by atoms with E-state index in [1.807, 2.05) is 0 Å². The molecule has 0 aromatic heterocycles. The van der Waals surface area contributed by atoms with Gasteiger partial charge in [-0.1, -0.05) is 12.1 Å². The molecule has 0 radical (unpaired) electrons. The first-order valence-electron chi connectivity index (χ1n) is 7.17. The van der Waals surface area contributed by atoms with Crippen LogP contribution in [0.2, 0.25) is 0 Å². The fourth-order valence-electron chi connectivity index (χ4n) is 1.99. The van der Waals surface area contributed by atoms with E-state index in [4.69, 9.17) is 4.74 Å². The van der Waals surface area contributed by atoms with Crippen LogP contribution in [0.25, 0.3) is 0 Å². The molecule has 2 aromatic rings. The van der Waals surface area contributed by atoms with E-state index in [1.165, 1.54) is 24.3 Å². The number of nitrogens with one attached hydrogen (secondary N) is 1. The molecule has 0 fully saturated rings. The Hall–Kier alpha value is -2.36. The summed E-state index contributed by atoms with van der Waals surface area (Å²) in [5.74, 6) is -12.1. The van der Waals surface area contributed by atoms with Gasteiger partial charge in [-0.05, 0) is 32.9 Å². The molecule has 0 atom stereocenters. The first-order valence-corrected chi connectivity index (χ1v) is 8.66. The third kappa shape index (κ3) is 3.90. The van der Waals surface area contributed by atoms with Gasteiger partial charge >= 0.3 is 0 Å². The van der Waals surface area contributed by atoms with Crippen LogP contribution in [-0.4, -0.2) is 14.0 Å². The van der Waals surface area contributed by atoms with Crippen LogP contribution in [-0.2, 0) is 10.0 Å². The highest BCUT2D eigenvalue weighted by Gasteiger charge is 2.34. The van der Waals surface area contributed by atoms with Crippen molar-refractivity contribution in [3.05, 3.63) is 53.4 Å². The Morgan fingerprint density at radius 1 is 0.846 bits per heavy atom. The smallest absolute Gasteiger partial charge is 0.268 e. The molecule has 0 spiro atoms. The van der Waals surface area contributed by atoms with E-state index >= 15 is 0 Å². The van der Waals surface area contributed by atoms with Crippen LogP contribution in [0, 0.1) is 29.1 Å². The number of halogens is 5. The van der Waals surface area contributed by atoms with Gasteiger partial charge in [-0.15, -0.1) is 0 Å². The number of hydrogen-bond donors (Lipinski definition) is 1. The molecule has 0 saturated carbocycles. The lowest BCUT2D eigenvalue weighted by atomic mass is 10.2. The Morgan fingerprint density at radius 2 is 1.31 bits per heavy atom. The fourth-order valence-corrected chi connectivity index (χ4v) is 3.20. The summed E-state index contributed by atoms with van der Waals surface area (Å²) in [5.41, 5.74) is -0.974. The van der Waals surface area contributed by atoms with Crippen molar-refractivity contribution >= 4 is 15.7 Å². The Balaban J connectivity index is 2.56. The van der Waals surface area contributed by atoms with Crippen LogP contribution >= 0.6 is 0 Å². The number of sulfonamides is 1. The molecule has 2 rings (SSSR count). The molecule has 0 aliphatic heterocycles. The first-order chi connectivity index (χ1) is 11.8. The van der Waals surface area contributed by atoms with Crippen LogP contribution < -0.4 is 9.46 Å². The van der Waals surface area contributed by atoms with Gasteiger partial charge in [-0.25, -0.2) is 30.4 Å². The minimum absolute atomic E-state index is 0.00690. The zero-order valence-electron chi connectivity index (χ0n) is 13.8. The van der Waals surface area contributed by atoms with Crippen molar-refractivity contribution in [1.82, 2.24) is 0 Å². The van der Waals surface area contributed by atoms with E-state index in [0.29, 0.717) is 0 Å². The van der Waals surface area contributed by atoms with E-state index in [1.54, 1.807) is 25.5 Å². The van der Waals surface area contributed by atoms with Gasteiger partial charge in [0.25, 0.3) is 10.0 Å². The minimum Gasteiger partial charge on any atom is -0.486 e. The molecular weight excluding hydrogens is 381 g/mol. The van der Waals surface area contributed by atoms with Gasteiger partial charge in [0.1, 0.15) is 11.4 Å². The van der Waals surface area contributed by atoms with E-state index < -0.39 is 49.6 Å². The monoisotopic (exact) mass is 395 g/mol. The zero-order chi connectivity index (χ0) is 19.9. The summed E-state index contributed by atoms with van der Waals surface area (Å²) < 4.78 is 99.2. The molecule has 1 N–H and O–H groups in total. The van der Waals surface area contributed by atoms with E-state index in [9.17, 15) is 30.4 Å².